The van der Waals surface area contributed by atoms with Gasteiger partial charge < -0.3 is 9.72 Å². The summed E-state index contributed by atoms with van der Waals surface area (Å²) in [5.41, 5.74) is 2.65. The van der Waals surface area contributed by atoms with Crippen molar-refractivity contribution in [3.8, 4) is 5.75 Å². The molecule has 19 heavy (non-hydrogen) atoms. The van der Waals surface area contributed by atoms with E-state index in [9.17, 15) is 0 Å². The van der Waals surface area contributed by atoms with Gasteiger partial charge in [0.2, 0.25) is 0 Å². The number of nitrogens with one attached hydrogen (secondary N) is 1. The number of aromatic nitrogens is 1. The lowest BCUT2D eigenvalue weighted by atomic mass is 10.1. The monoisotopic (exact) mass is 256 g/mol. The van der Waals surface area contributed by atoms with E-state index in [1.165, 1.54) is 30.6 Å². The van der Waals surface area contributed by atoms with Gasteiger partial charge >= 0.3 is 0 Å². The second-order valence-electron chi connectivity index (χ2n) is 5.11. The summed E-state index contributed by atoms with van der Waals surface area (Å²) in [5, 5.41) is 0. The highest BCUT2D eigenvalue weighted by Crippen LogP contribution is 2.32. The van der Waals surface area contributed by atoms with E-state index >= 15 is 0 Å². The van der Waals surface area contributed by atoms with Gasteiger partial charge in [-0.15, -0.1) is 0 Å². The molecule has 0 radical (unpaired) electrons. The topological polar surface area (TPSA) is 28.3 Å². The standard InChI is InChI=1S/C16H20N2O/c1-19-14-6-2-5-13(11-14)12-18-10-4-8-16(18)15-7-3-9-17-15/h2-3,5-7,9,11,16-17H,4,8,10,12H2,1H3/t16-/m0/s1. The van der Waals surface area contributed by atoms with E-state index in [4.69, 9.17) is 4.74 Å². The van der Waals surface area contributed by atoms with Gasteiger partial charge in [0, 0.05) is 18.4 Å². The Morgan fingerprint density at radius 2 is 2.26 bits per heavy atom. The van der Waals surface area contributed by atoms with Crippen molar-refractivity contribution in [2.24, 2.45) is 0 Å². The molecule has 0 spiro atoms. The molecule has 1 aromatic heterocycles. The minimum atomic E-state index is 0.529. The average molecular weight is 256 g/mol. The Morgan fingerprint density at radius 3 is 3.05 bits per heavy atom. The van der Waals surface area contributed by atoms with Gasteiger partial charge in [-0.2, -0.15) is 0 Å². The van der Waals surface area contributed by atoms with Gasteiger partial charge in [-0.1, -0.05) is 12.1 Å². The third kappa shape index (κ3) is 2.66. The van der Waals surface area contributed by atoms with E-state index in [1.807, 2.05) is 12.3 Å². The van der Waals surface area contributed by atoms with Crippen LogP contribution in [0.25, 0.3) is 0 Å². The normalized spacial score (nSPS) is 19.7. The molecule has 1 fully saturated rings. The molecule has 0 saturated carbocycles. The fraction of sp³-hybridized carbons (Fsp3) is 0.375. The fourth-order valence-electron chi connectivity index (χ4n) is 2.92. The summed E-state index contributed by atoms with van der Waals surface area (Å²) in [4.78, 5) is 5.89. The Morgan fingerprint density at radius 1 is 1.32 bits per heavy atom. The lowest BCUT2D eigenvalue weighted by Crippen LogP contribution is -2.22. The first-order chi connectivity index (χ1) is 9.36. The molecule has 1 N–H and O–H groups in total. The number of hydrogen-bond donors (Lipinski definition) is 1. The van der Waals surface area contributed by atoms with Crippen LogP contribution in [0.4, 0.5) is 0 Å². The first-order valence-electron chi connectivity index (χ1n) is 6.87. The van der Waals surface area contributed by atoms with Crippen molar-refractivity contribution in [3.63, 3.8) is 0 Å². The first kappa shape index (κ1) is 12.3. The predicted octanol–water partition coefficient (Wildman–Crippen LogP) is 3.36. The van der Waals surface area contributed by atoms with Gasteiger partial charge in [0.05, 0.1) is 13.2 Å². The summed E-state index contributed by atoms with van der Waals surface area (Å²) in [6.07, 6.45) is 4.52. The summed E-state index contributed by atoms with van der Waals surface area (Å²) in [7, 11) is 1.72. The summed E-state index contributed by atoms with van der Waals surface area (Å²) in [6.45, 7) is 2.15. The van der Waals surface area contributed by atoms with Crippen molar-refractivity contribution in [3.05, 3.63) is 53.9 Å². The van der Waals surface area contributed by atoms with Crippen LogP contribution in [0.1, 0.15) is 30.1 Å². The molecule has 1 aromatic carbocycles. The van der Waals surface area contributed by atoms with Gasteiger partial charge in [0.15, 0.2) is 0 Å². The minimum Gasteiger partial charge on any atom is -0.497 e. The van der Waals surface area contributed by atoms with Gasteiger partial charge in [-0.25, -0.2) is 0 Å². The van der Waals surface area contributed by atoms with E-state index in [1.54, 1.807) is 7.11 Å². The molecule has 0 bridgehead atoms. The van der Waals surface area contributed by atoms with Crippen molar-refractivity contribution in [2.75, 3.05) is 13.7 Å². The van der Waals surface area contributed by atoms with E-state index in [-0.39, 0.29) is 0 Å². The Bertz CT molecular complexity index is 521. The molecule has 2 heterocycles. The summed E-state index contributed by atoms with van der Waals surface area (Å²) in [5.74, 6) is 0.938. The molecule has 3 nitrogen and oxygen atoms in total. The predicted molar refractivity (Wildman–Crippen MR) is 76.2 cm³/mol. The Labute approximate surface area is 114 Å². The zero-order valence-electron chi connectivity index (χ0n) is 11.3. The molecular formula is C16H20N2O. The number of hydrogen-bond acceptors (Lipinski definition) is 2. The molecule has 1 aliphatic heterocycles. The van der Waals surface area contributed by atoms with Crippen molar-refractivity contribution < 1.29 is 4.74 Å². The van der Waals surface area contributed by atoms with Crippen molar-refractivity contribution >= 4 is 0 Å². The minimum absolute atomic E-state index is 0.529. The maximum Gasteiger partial charge on any atom is 0.119 e. The Hall–Kier alpha value is -1.74. The van der Waals surface area contributed by atoms with Crippen LogP contribution < -0.4 is 4.74 Å². The smallest absolute Gasteiger partial charge is 0.119 e. The van der Waals surface area contributed by atoms with Gasteiger partial charge in [-0.3, -0.25) is 4.90 Å². The maximum absolute atomic E-state index is 5.29. The largest absolute Gasteiger partial charge is 0.497 e. The van der Waals surface area contributed by atoms with Crippen LogP contribution in [0, 0.1) is 0 Å². The molecule has 0 unspecified atom stereocenters. The SMILES string of the molecule is COc1cccc(CN2CCC[C@H]2c2ccc[nH]2)c1. The third-order valence-electron chi connectivity index (χ3n) is 3.86. The van der Waals surface area contributed by atoms with E-state index in [0.717, 1.165) is 12.3 Å². The molecular weight excluding hydrogens is 236 g/mol. The molecule has 1 saturated heterocycles. The highest BCUT2D eigenvalue weighted by atomic mass is 16.5. The molecule has 0 amide bonds. The number of benzene rings is 1. The molecule has 3 heteroatoms. The van der Waals surface area contributed by atoms with Crippen LogP contribution in [-0.4, -0.2) is 23.5 Å². The average Bonchev–Trinajstić information content (AvgIpc) is 3.09. The van der Waals surface area contributed by atoms with E-state index in [2.05, 4.69) is 40.2 Å². The highest BCUT2D eigenvalue weighted by Gasteiger charge is 2.26. The molecule has 1 atom stereocenters. The number of H-pyrrole nitrogens is 1. The van der Waals surface area contributed by atoms with E-state index < -0.39 is 0 Å². The number of aromatic amines is 1. The van der Waals surface area contributed by atoms with Crippen LogP contribution in [0.5, 0.6) is 5.75 Å². The van der Waals surface area contributed by atoms with Crippen LogP contribution in [-0.2, 0) is 6.54 Å². The number of methoxy groups -OCH3 is 1. The lowest BCUT2D eigenvalue weighted by molar-refractivity contribution is 0.244. The zero-order valence-corrected chi connectivity index (χ0v) is 11.3. The second kappa shape index (κ2) is 5.49. The zero-order chi connectivity index (χ0) is 13.1. The second-order valence-corrected chi connectivity index (χ2v) is 5.11. The van der Waals surface area contributed by atoms with Crippen LogP contribution in [0.2, 0.25) is 0 Å². The van der Waals surface area contributed by atoms with E-state index in [0.29, 0.717) is 6.04 Å². The number of nitrogens with zero attached hydrogens (tertiary/aromatic N) is 1. The van der Waals surface area contributed by atoms with Gasteiger partial charge in [-0.05, 0) is 49.2 Å². The summed E-state index contributed by atoms with van der Waals surface area (Å²) in [6, 6.07) is 13.2. The molecule has 100 valence electrons. The quantitative estimate of drug-likeness (QED) is 0.908. The fourth-order valence-corrected chi connectivity index (χ4v) is 2.92. The maximum atomic E-state index is 5.29. The summed E-state index contributed by atoms with van der Waals surface area (Å²) < 4.78 is 5.29. The molecule has 2 aromatic rings. The lowest BCUT2D eigenvalue weighted by Gasteiger charge is -2.24. The third-order valence-corrected chi connectivity index (χ3v) is 3.86. The van der Waals surface area contributed by atoms with Crippen molar-refractivity contribution in [2.45, 2.75) is 25.4 Å². The summed E-state index contributed by atoms with van der Waals surface area (Å²) >= 11 is 0. The highest BCUT2D eigenvalue weighted by molar-refractivity contribution is 5.28. The van der Waals surface area contributed by atoms with Gasteiger partial charge in [0.1, 0.15) is 5.75 Å². The molecule has 3 rings (SSSR count). The van der Waals surface area contributed by atoms with Crippen LogP contribution >= 0.6 is 0 Å². The molecule has 0 aliphatic carbocycles. The Kier molecular flexibility index (Phi) is 3.56. The number of rotatable bonds is 4. The van der Waals surface area contributed by atoms with Crippen molar-refractivity contribution in [1.29, 1.82) is 0 Å². The molecule has 1 aliphatic rings. The number of likely N-dealkylation sites (tertiary alicyclic amines) is 1. The van der Waals surface area contributed by atoms with Crippen molar-refractivity contribution in [1.82, 2.24) is 9.88 Å². The number of ether oxygens (including phenoxy) is 1. The first-order valence-corrected chi connectivity index (χ1v) is 6.87. The van der Waals surface area contributed by atoms with Crippen LogP contribution in [0.3, 0.4) is 0 Å². The van der Waals surface area contributed by atoms with Crippen LogP contribution in [0.15, 0.2) is 42.6 Å². The Balaban J connectivity index is 1.74. The van der Waals surface area contributed by atoms with Gasteiger partial charge in [0.25, 0.3) is 0 Å².